The normalized spacial score (nSPS) is 13.3. The summed E-state index contributed by atoms with van der Waals surface area (Å²) in [5.74, 6) is 2.22. The van der Waals surface area contributed by atoms with Gasteiger partial charge in [-0.25, -0.2) is 0 Å². The number of hydrogen-bond acceptors (Lipinski definition) is 3. The Kier molecular flexibility index (Phi) is 9.11. The Morgan fingerprint density at radius 2 is 1.38 bits per heavy atom. The van der Waals surface area contributed by atoms with E-state index in [0.717, 1.165) is 68.2 Å². The zero-order valence-corrected chi connectivity index (χ0v) is 33.5. The molecule has 8 rings (SSSR count). The van der Waals surface area contributed by atoms with E-state index in [4.69, 9.17) is 9.72 Å². The van der Waals surface area contributed by atoms with Gasteiger partial charge in [-0.05, 0) is 17.0 Å². The monoisotopic (exact) mass is 875 g/mol. The predicted octanol–water partition coefficient (Wildman–Crippen LogP) is 11.6. The maximum atomic E-state index is 6.74. The minimum absolute atomic E-state index is 0.0140. The summed E-state index contributed by atoms with van der Waals surface area (Å²) in [4.78, 5) is 7.18. The maximum absolute atomic E-state index is 6.74. The summed E-state index contributed by atoms with van der Waals surface area (Å²) < 4.78 is 12.4. The molecule has 3 heterocycles. The first-order valence-electron chi connectivity index (χ1n) is 18.3. The molecule has 7 aromatic rings. The average Bonchev–Trinajstić information content (AvgIpc) is 3.45. The molecule has 1 aliphatic heterocycles. The van der Waals surface area contributed by atoms with E-state index in [2.05, 4.69) is 190 Å². The van der Waals surface area contributed by atoms with Crippen molar-refractivity contribution in [2.75, 3.05) is 11.4 Å². The van der Waals surface area contributed by atoms with Crippen molar-refractivity contribution >= 4 is 22.5 Å². The van der Waals surface area contributed by atoms with Gasteiger partial charge in [-0.2, -0.15) is 0 Å². The molecule has 53 heavy (non-hydrogen) atoms. The molecule has 0 spiro atoms. The number of anilines is 2. The zero-order chi connectivity index (χ0) is 36.9. The van der Waals surface area contributed by atoms with E-state index < -0.39 is 0 Å². The van der Waals surface area contributed by atoms with Gasteiger partial charge >= 0.3 is 275 Å². The zero-order valence-electron chi connectivity index (χ0n) is 31.2. The first-order chi connectivity index (χ1) is 25.5. The van der Waals surface area contributed by atoms with Crippen LogP contribution in [0.25, 0.3) is 33.5 Å². The molecular formula is C47H44N4OPt-2. The summed E-state index contributed by atoms with van der Waals surface area (Å²) >= 11 is 2.44. The molecule has 0 fully saturated rings. The van der Waals surface area contributed by atoms with Gasteiger partial charge in [0, 0.05) is 6.20 Å². The van der Waals surface area contributed by atoms with Crippen LogP contribution in [0.4, 0.5) is 11.5 Å². The number of fused-ring (bicyclic) bond motifs is 2. The molecule has 270 valence electrons. The second kappa shape index (κ2) is 13.8. The Balaban J connectivity index is 1.21. The van der Waals surface area contributed by atoms with Crippen LogP contribution in [-0.2, 0) is 36.6 Å². The fraction of sp³-hybridized carbons (Fsp3) is 0.234. The van der Waals surface area contributed by atoms with Gasteiger partial charge in [0.2, 0.25) is 0 Å². The van der Waals surface area contributed by atoms with E-state index >= 15 is 0 Å². The van der Waals surface area contributed by atoms with Crippen LogP contribution < -0.4 is 9.64 Å². The van der Waals surface area contributed by atoms with Crippen molar-refractivity contribution in [3.8, 4) is 34.0 Å². The first-order valence-corrected chi connectivity index (χ1v) is 19.5. The number of imidazole rings is 1. The van der Waals surface area contributed by atoms with E-state index in [1.165, 1.54) is 16.7 Å². The van der Waals surface area contributed by atoms with Gasteiger partial charge in [-0.3, -0.25) is 0 Å². The Bertz CT molecular complexity index is 2500. The van der Waals surface area contributed by atoms with E-state index in [1.54, 1.807) is 0 Å². The van der Waals surface area contributed by atoms with E-state index in [1.807, 2.05) is 18.3 Å². The van der Waals surface area contributed by atoms with E-state index in [0.29, 0.717) is 11.5 Å². The summed E-state index contributed by atoms with van der Waals surface area (Å²) in [6.45, 7) is 14.3. The number of hydrogen-bond donors (Lipinski definition) is 0. The van der Waals surface area contributed by atoms with Crippen molar-refractivity contribution in [1.29, 1.82) is 0 Å². The molecule has 0 atom stereocenters. The summed E-state index contributed by atoms with van der Waals surface area (Å²) in [7, 11) is 0. The fourth-order valence-corrected chi connectivity index (χ4v) is 8.33. The molecule has 0 saturated heterocycles. The van der Waals surface area contributed by atoms with Crippen LogP contribution in [0.15, 0.2) is 121 Å². The van der Waals surface area contributed by atoms with Crippen molar-refractivity contribution < 1.29 is 24.1 Å². The Labute approximate surface area is 324 Å². The van der Waals surface area contributed by atoms with Gasteiger partial charge in [-0.1, -0.05) is 26.8 Å². The molecule has 0 amide bonds. The molecule has 0 saturated carbocycles. The summed E-state index contributed by atoms with van der Waals surface area (Å²) in [6, 6.07) is 48.0. The van der Waals surface area contributed by atoms with Crippen LogP contribution >= 0.6 is 0 Å². The summed E-state index contributed by atoms with van der Waals surface area (Å²) in [6.07, 6.45) is 3.92. The van der Waals surface area contributed by atoms with Gasteiger partial charge in [0.05, 0.1) is 0 Å². The first kappa shape index (κ1) is 35.1. The topological polar surface area (TPSA) is 35.2 Å². The van der Waals surface area contributed by atoms with Crippen molar-refractivity contribution in [2.24, 2.45) is 0 Å². The predicted molar refractivity (Wildman–Crippen MR) is 212 cm³/mol. The van der Waals surface area contributed by atoms with Crippen LogP contribution in [0.1, 0.15) is 64.7 Å². The number of aromatic nitrogens is 3. The van der Waals surface area contributed by atoms with Crippen molar-refractivity contribution in [2.45, 2.75) is 65.2 Å². The van der Waals surface area contributed by atoms with Gasteiger partial charge in [-0.15, -0.1) is 0 Å². The molecule has 0 N–H and O–H groups in total. The average molecular weight is 876 g/mol. The molecule has 5 nitrogen and oxygen atoms in total. The van der Waals surface area contributed by atoms with E-state index in [9.17, 15) is 0 Å². The van der Waals surface area contributed by atoms with Gasteiger partial charge < -0.3 is 0 Å². The SMILES string of the molecule is CC(C)(C)c1ccc(-n2[c](=[Pt])n(-c3[c-]c(Oc4[c-]c5c(c(-c6ccccc6)c4)CCCN5c4cc(C(C)(C)C)ccn4)ccc3)c3ccccc32)cc1. The second-order valence-electron chi connectivity index (χ2n) is 15.8. The van der Waals surface area contributed by atoms with Crippen molar-refractivity contribution in [1.82, 2.24) is 14.1 Å². The van der Waals surface area contributed by atoms with Crippen LogP contribution in [-0.4, -0.2) is 20.7 Å². The molecular weight excluding hydrogens is 832 g/mol. The third-order valence-corrected chi connectivity index (χ3v) is 11.1. The van der Waals surface area contributed by atoms with E-state index in [-0.39, 0.29) is 10.8 Å². The number of ether oxygens (including phenoxy) is 1. The van der Waals surface area contributed by atoms with Crippen molar-refractivity contribution in [3.63, 3.8) is 0 Å². The van der Waals surface area contributed by atoms with Gasteiger partial charge in [0.25, 0.3) is 0 Å². The van der Waals surface area contributed by atoms with Crippen LogP contribution in [0, 0.1) is 15.9 Å². The van der Waals surface area contributed by atoms with Gasteiger partial charge in [0.15, 0.2) is 0 Å². The molecule has 0 unspecified atom stereocenters. The molecule has 0 aliphatic carbocycles. The van der Waals surface area contributed by atoms with Crippen LogP contribution in [0.3, 0.4) is 0 Å². The second-order valence-corrected chi connectivity index (χ2v) is 16.9. The molecule has 0 radical (unpaired) electrons. The third-order valence-electron chi connectivity index (χ3n) is 10.1. The molecule has 2 aromatic heterocycles. The molecule has 1 aliphatic rings. The molecule has 6 heteroatoms. The van der Waals surface area contributed by atoms with Crippen molar-refractivity contribution in [3.05, 3.63) is 154 Å². The van der Waals surface area contributed by atoms with Gasteiger partial charge in [0.1, 0.15) is 0 Å². The molecule has 5 aromatic carbocycles. The third kappa shape index (κ3) is 6.84. The quantitative estimate of drug-likeness (QED) is 0.156. The summed E-state index contributed by atoms with van der Waals surface area (Å²) in [5, 5.41) is 0. The molecule has 0 bridgehead atoms. The Morgan fingerprint density at radius 3 is 2.09 bits per heavy atom. The Morgan fingerprint density at radius 1 is 0.679 bits per heavy atom. The minimum atomic E-state index is 0.0140. The Hall–Kier alpha value is -4.99. The standard InChI is InChI=1S/C47H44N4O.Pt/c1-46(2,3)34-21-23-36(24-22-34)50-32-51(43-20-11-10-19-42(43)50)37-16-12-17-38(29-37)52-39-30-41(33-14-8-7-9-15-33)40-18-13-27-49(44(40)31-39)45-28-35(25-26-48-45)47(4,5)6;/h7-12,14-17,19-26,28,30H,13,18,27H2,1-6H3;/q-2;. The number of para-hydroxylation sites is 2. The number of benzene rings is 5. The number of nitrogens with zero attached hydrogens (tertiary/aromatic N) is 4. The number of rotatable bonds is 6. The van der Waals surface area contributed by atoms with Crippen LogP contribution in [0.2, 0.25) is 0 Å². The number of pyridine rings is 1. The fourth-order valence-electron chi connectivity index (χ4n) is 7.22. The van der Waals surface area contributed by atoms with Crippen LogP contribution in [0.5, 0.6) is 11.5 Å². The summed E-state index contributed by atoms with van der Waals surface area (Å²) in [5.41, 5.74) is 11.5.